The number of pyridine rings is 1. The van der Waals surface area contributed by atoms with Crippen LogP contribution in [-0.2, 0) is 11.3 Å². The number of aryl methyl sites for hydroxylation is 1. The predicted molar refractivity (Wildman–Crippen MR) is 121 cm³/mol. The van der Waals surface area contributed by atoms with E-state index in [4.69, 9.17) is 5.10 Å². The Kier molecular flexibility index (Phi) is 4.90. The van der Waals surface area contributed by atoms with Crippen molar-refractivity contribution in [1.82, 2.24) is 19.2 Å². The zero-order valence-electron chi connectivity index (χ0n) is 17.5. The summed E-state index contributed by atoms with van der Waals surface area (Å²) in [5.41, 5.74) is 3.95. The highest BCUT2D eigenvalue weighted by molar-refractivity contribution is 5.95. The smallest absolute Gasteiger partial charge is 0.252 e. The molecule has 0 atom stereocenters. The van der Waals surface area contributed by atoms with Gasteiger partial charge >= 0.3 is 0 Å². The van der Waals surface area contributed by atoms with Crippen LogP contribution in [0.2, 0.25) is 0 Å². The number of benzene rings is 2. The normalized spacial score (nSPS) is 13.8. The first-order chi connectivity index (χ1) is 15.1. The molecule has 0 spiro atoms. The van der Waals surface area contributed by atoms with Crippen LogP contribution in [0.15, 0.2) is 71.5 Å². The van der Waals surface area contributed by atoms with Crippen molar-refractivity contribution in [2.75, 3.05) is 13.1 Å². The van der Waals surface area contributed by atoms with Crippen LogP contribution in [0, 0.1) is 6.92 Å². The third kappa shape index (κ3) is 3.44. The molecule has 2 aromatic heterocycles. The van der Waals surface area contributed by atoms with Gasteiger partial charge in [-0.3, -0.25) is 14.2 Å². The molecule has 1 aliphatic rings. The molecule has 0 saturated carbocycles. The van der Waals surface area contributed by atoms with E-state index in [0.717, 1.165) is 53.8 Å². The molecule has 0 bridgehead atoms. The van der Waals surface area contributed by atoms with E-state index in [-0.39, 0.29) is 18.0 Å². The molecule has 31 heavy (non-hydrogen) atoms. The van der Waals surface area contributed by atoms with Gasteiger partial charge in [-0.25, -0.2) is 4.68 Å². The summed E-state index contributed by atoms with van der Waals surface area (Å²) in [6.07, 6.45) is 2.04. The van der Waals surface area contributed by atoms with Crippen LogP contribution in [-0.4, -0.2) is 38.2 Å². The van der Waals surface area contributed by atoms with Crippen LogP contribution in [0.1, 0.15) is 18.4 Å². The molecule has 2 aromatic carbocycles. The van der Waals surface area contributed by atoms with Gasteiger partial charge in [0.25, 0.3) is 5.56 Å². The number of amides is 1. The third-order valence-corrected chi connectivity index (χ3v) is 5.92. The molecule has 0 radical (unpaired) electrons. The maximum atomic E-state index is 13.1. The first-order valence-electron chi connectivity index (χ1n) is 10.7. The van der Waals surface area contributed by atoms with Crippen LogP contribution in [0.25, 0.3) is 28.0 Å². The number of carbonyl (C=O) groups excluding carboxylic acids is 1. The number of carbonyl (C=O) groups is 1. The Bertz CT molecular complexity index is 1300. The minimum absolute atomic E-state index is 0.0162. The van der Waals surface area contributed by atoms with Gasteiger partial charge in [-0.15, -0.1) is 0 Å². The highest BCUT2D eigenvalue weighted by atomic mass is 16.2. The zero-order valence-corrected chi connectivity index (χ0v) is 17.5. The summed E-state index contributed by atoms with van der Waals surface area (Å²) < 4.78 is 3.37. The summed E-state index contributed by atoms with van der Waals surface area (Å²) in [5, 5.41) is 5.82. The van der Waals surface area contributed by atoms with Crippen LogP contribution in [0.5, 0.6) is 0 Å². The maximum absolute atomic E-state index is 13.1. The number of hydrogen-bond acceptors (Lipinski definition) is 3. The Labute approximate surface area is 180 Å². The lowest BCUT2D eigenvalue weighted by Gasteiger charge is -2.17. The van der Waals surface area contributed by atoms with Gasteiger partial charge < -0.3 is 4.90 Å². The van der Waals surface area contributed by atoms with Gasteiger partial charge in [0, 0.05) is 30.1 Å². The standard InChI is InChI=1S/C25H24N4O2/c1-18-16-21(30)28(17-22(31)27-14-8-9-15-27)25-23(18)24(19-10-4-2-5-11-19)26-29(25)20-12-6-3-7-13-20/h2-7,10-13,16H,8-9,14-15,17H2,1H3. The SMILES string of the molecule is Cc1cc(=O)n(CC(=O)N2CCCC2)c2c1c(-c1ccccc1)nn2-c1ccccc1. The Morgan fingerprint density at radius 3 is 2.29 bits per heavy atom. The van der Waals surface area contributed by atoms with Gasteiger partial charge in [0.2, 0.25) is 5.91 Å². The van der Waals surface area contributed by atoms with E-state index in [1.165, 1.54) is 0 Å². The van der Waals surface area contributed by atoms with Crippen molar-refractivity contribution in [3.8, 4) is 16.9 Å². The Hall–Kier alpha value is -3.67. The van der Waals surface area contributed by atoms with E-state index in [1.807, 2.05) is 72.5 Å². The van der Waals surface area contributed by atoms with E-state index in [2.05, 4.69) is 0 Å². The monoisotopic (exact) mass is 412 g/mol. The highest BCUT2D eigenvalue weighted by Gasteiger charge is 2.24. The number of fused-ring (bicyclic) bond motifs is 1. The molecule has 0 unspecified atom stereocenters. The number of aromatic nitrogens is 3. The molecular formula is C25H24N4O2. The summed E-state index contributed by atoms with van der Waals surface area (Å²) in [5.74, 6) is -0.0215. The second-order valence-corrected chi connectivity index (χ2v) is 8.00. The number of likely N-dealkylation sites (tertiary alicyclic amines) is 1. The number of nitrogens with zero attached hydrogens (tertiary/aromatic N) is 4. The van der Waals surface area contributed by atoms with Gasteiger partial charge in [-0.05, 0) is 37.5 Å². The van der Waals surface area contributed by atoms with E-state index in [0.29, 0.717) is 5.65 Å². The van der Waals surface area contributed by atoms with E-state index in [1.54, 1.807) is 15.3 Å². The minimum atomic E-state index is -0.186. The number of hydrogen-bond donors (Lipinski definition) is 0. The van der Waals surface area contributed by atoms with Crippen molar-refractivity contribution < 1.29 is 4.79 Å². The molecule has 156 valence electrons. The van der Waals surface area contributed by atoms with Gasteiger partial charge in [-0.1, -0.05) is 48.5 Å². The van der Waals surface area contributed by atoms with Crippen LogP contribution < -0.4 is 5.56 Å². The van der Waals surface area contributed by atoms with E-state index in [9.17, 15) is 9.59 Å². The molecular weight excluding hydrogens is 388 g/mol. The molecule has 6 heteroatoms. The van der Waals surface area contributed by atoms with E-state index < -0.39 is 0 Å². The Balaban J connectivity index is 1.78. The zero-order chi connectivity index (χ0) is 21.4. The first-order valence-corrected chi connectivity index (χ1v) is 10.7. The van der Waals surface area contributed by atoms with Crippen LogP contribution >= 0.6 is 0 Å². The molecule has 1 aliphatic heterocycles. The second-order valence-electron chi connectivity index (χ2n) is 8.00. The molecule has 1 fully saturated rings. The van der Waals surface area contributed by atoms with Crippen molar-refractivity contribution in [3.05, 3.63) is 82.6 Å². The van der Waals surface area contributed by atoms with Gasteiger partial charge in [0.1, 0.15) is 17.9 Å². The predicted octanol–water partition coefficient (Wildman–Crippen LogP) is 3.79. The molecule has 0 aliphatic carbocycles. The van der Waals surface area contributed by atoms with Crippen LogP contribution in [0.3, 0.4) is 0 Å². The highest BCUT2D eigenvalue weighted by Crippen LogP contribution is 2.31. The third-order valence-electron chi connectivity index (χ3n) is 5.92. The summed E-state index contributed by atoms with van der Waals surface area (Å²) in [6, 6.07) is 21.3. The fraction of sp³-hybridized carbons (Fsp3) is 0.240. The van der Waals surface area contributed by atoms with Gasteiger partial charge in [-0.2, -0.15) is 5.10 Å². The lowest BCUT2D eigenvalue weighted by atomic mass is 10.1. The molecule has 3 heterocycles. The van der Waals surface area contributed by atoms with Crippen molar-refractivity contribution in [1.29, 1.82) is 0 Å². The van der Waals surface area contributed by atoms with Crippen molar-refractivity contribution in [3.63, 3.8) is 0 Å². The largest absolute Gasteiger partial charge is 0.341 e. The summed E-state index contributed by atoms with van der Waals surface area (Å²) in [4.78, 5) is 27.9. The summed E-state index contributed by atoms with van der Waals surface area (Å²) in [6.45, 7) is 3.47. The van der Waals surface area contributed by atoms with Crippen LogP contribution in [0.4, 0.5) is 0 Å². The van der Waals surface area contributed by atoms with Crippen molar-refractivity contribution in [2.45, 2.75) is 26.3 Å². The average molecular weight is 412 g/mol. The van der Waals surface area contributed by atoms with Crippen molar-refractivity contribution in [2.24, 2.45) is 0 Å². The lowest BCUT2D eigenvalue weighted by molar-refractivity contribution is -0.130. The van der Waals surface area contributed by atoms with Gasteiger partial charge in [0.15, 0.2) is 0 Å². The van der Waals surface area contributed by atoms with E-state index >= 15 is 0 Å². The summed E-state index contributed by atoms with van der Waals surface area (Å²) in [7, 11) is 0. The molecule has 4 aromatic rings. The number of rotatable bonds is 4. The molecule has 1 amide bonds. The Morgan fingerprint density at radius 2 is 1.61 bits per heavy atom. The molecule has 0 N–H and O–H groups in total. The molecule has 5 rings (SSSR count). The second kappa shape index (κ2) is 7.87. The lowest BCUT2D eigenvalue weighted by Crippen LogP contribution is -2.35. The van der Waals surface area contributed by atoms with Crippen molar-refractivity contribution >= 4 is 16.9 Å². The average Bonchev–Trinajstić information content (AvgIpc) is 3.46. The maximum Gasteiger partial charge on any atom is 0.252 e. The molecule has 1 saturated heterocycles. The quantitative estimate of drug-likeness (QED) is 0.512. The Morgan fingerprint density at radius 1 is 0.968 bits per heavy atom. The fourth-order valence-electron chi connectivity index (χ4n) is 4.36. The minimum Gasteiger partial charge on any atom is -0.341 e. The number of para-hydroxylation sites is 1. The summed E-state index contributed by atoms with van der Waals surface area (Å²) >= 11 is 0. The topological polar surface area (TPSA) is 60.1 Å². The fourth-order valence-corrected chi connectivity index (χ4v) is 4.36. The first kappa shape index (κ1) is 19.3. The van der Waals surface area contributed by atoms with Gasteiger partial charge in [0.05, 0.1) is 5.69 Å². The molecule has 6 nitrogen and oxygen atoms in total.